The van der Waals surface area contributed by atoms with E-state index in [4.69, 9.17) is 4.74 Å². The van der Waals surface area contributed by atoms with Gasteiger partial charge in [-0.3, -0.25) is 4.79 Å². The largest absolute Gasteiger partial charge is 0.504 e. The van der Waals surface area contributed by atoms with Crippen LogP contribution in [0.5, 0.6) is 23.0 Å². The minimum Gasteiger partial charge on any atom is -0.504 e. The molecule has 8 nitrogen and oxygen atoms in total. The van der Waals surface area contributed by atoms with Gasteiger partial charge in [0.05, 0.1) is 13.7 Å². The molecule has 0 radical (unpaired) electrons. The number of carbonyl (C=O) groups excluding carboxylic acids is 1. The van der Waals surface area contributed by atoms with Gasteiger partial charge in [0, 0.05) is 12.1 Å². The first-order valence-corrected chi connectivity index (χ1v) is 8.47. The second kappa shape index (κ2) is 9.82. The van der Waals surface area contributed by atoms with Crippen molar-refractivity contribution in [2.45, 2.75) is 13.2 Å². The first-order valence-electron chi connectivity index (χ1n) is 8.47. The molecule has 0 aliphatic carbocycles. The Morgan fingerprint density at radius 3 is 2.59 bits per heavy atom. The summed E-state index contributed by atoms with van der Waals surface area (Å²) in [4.78, 5) is 12.2. The van der Waals surface area contributed by atoms with Gasteiger partial charge in [0.25, 0.3) is 5.91 Å². The SMILES string of the molecule is COc1cc(/C=C/C=C(\C#N)C(=O)NCc2ccc(O)c(O)c2)cc(CO)c1O. The van der Waals surface area contributed by atoms with Crippen LogP contribution < -0.4 is 10.1 Å². The molecule has 0 saturated heterocycles. The highest BCUT2D eigenvalue weighted by Gasteiger charge is 2.10. The van der Waals surface area contributed by atoms with E-state index in [-0.39, 0.29) is 47.3 Å². The molecule has 8 heteroatoms. The van der Waals surface area contributed by atoms with Gasteiger partial charge in [-0.25, -0.2) is 0 Å². The van der Waals surface area contributed by atoms with Crippen LogP contribution in [0.3, 0.4) is 0 Å². The first-order chi connectivity index (χ1) is 13.9. The summed E-state index contributed by atoms with van der Waals surface area (Å²) in [5.41, 5.74) is 1.28. The Hall–Kier alpha value is -3.96. The van der Waals surface area contributed by atoms with Crippen LogP contribution in [0.25, 0.3) is 6.08 Å². The lowest BCUT2D eigenvalue weighted by atomic mass is 10.1. The number of phenolic OH excluding ortho intramolecular Hbond substituents is 2. The number of hydrogen-bond acceptors (Lipinski definition) is 7. The number of ether oxygens (including phenoxy) is 1. The molecular weight excluding hydrogens is 376 g/mol. The molecule has 0 saturated carbocycles. The fourth-order valence-corrected chi connectivity index (χ4v) is 2.44. The highest BCUT2D eigenvalue weighted by atomic mass is 16.5. The van der Waals surface area contributed by atoms with Crippen molar-refractivity contribution >= 4 is 12.0 Å². The minimum atomic E-state index is -0.607. The van der Waals surface area contributed by atoms with E-state index in [1.807, 2.05) is 0 Å². The molecule has 2 aromatic rings. The van der Waals surface area contributed by atoms with Crippen molar-refractivity contribution in [2.24, 2.45) is 0 Å². The molecule has 5 N–H and O–H groups in total. The van der Waals surface area contributed by atoms with Crippen molar-refractivity contribution in [3.05, 3.63) is 64.7 Å². The van der Waals surface area contributed by atoms with Crippen LogP contribution in [0, 0.1) is 11.3 Å². The van der Waals surface area contributed by atoms with Gasteiger partial charge in [-0.1, -0.05) is 18.2 Å². The van der Waals surface area contributed by atoms with Gasteiger partial charge in [-0.15, -0.1) is 0 Å². The molecular formula is C21H20N2O6. The normalized spacial score (nSPS) is 11.3. The Balaban J connectivity index is 2.10. The third-order valence-corrected chi connectivity index (χ3v) is 3.98. The molecule has 0 atom stereocenters. The van der Waals surface area contributed by atoms with Gasteiger partial charge in [0.15, 0.2) is 23.0 Å². The predicted octanol–water partition coefficient (Wildman–Crippen LogP) is 2.08. The average Bonchev–Trinajstić information content (AvgIpc) is 2.72. The number of phenols is 3. The number of allylic oxidation sites excluding steroid dienone is 2. The monoisotopic (exact) mass is 396 g/mol. The Kier molecular flexibility index (Phi) is 7.23. The standard InChI is InChI=1S/C21H20N2O6/c1-29-19-9-13(7-16(12-24)20(19)27)3-2-4-15(10-22)21(28)23-11-14-5-6-17(25)18(26)8-14/h2-9,24-27H,11-12H2,1H3,(H,23,28)/b3-2+,15-4+. The van der Waals surface area contributed by atoms with Crippen molar-refractivity contribution in [2.75, 3.05) is 7.11 Å². The van der Waals surface area contributed by atoms with Gasteiger partial charge < -0.3 is 30.5 Å². The summed E-state index contributed by atoms with van der Waals surface area (Å²) in [6.07, 6.45) is 4.39. The van der Waals surface area contributed by atoms with Crippen LogP contribution in [-0.2, 0) is 17.9 Å². The summed E-state index contributed by atoms with van der Waals surface area (Å²) in [5.74, 6) is -1.14. The lowest BCUT2D eigenvalue weighted by Gasteiger charge is -2.08. The zero-order valence-corrected chi connectivity index (χ0v) is 15.6. The number of nitrogens with one attached hydrogen (secondary N) is 1. The van der Waals surface area contributed by atoms with Crippen molar-refractivity contribution in [3.63, 3.8) is 0 Å². The number of rotatable bonds is 7. The smallest absolute Gasteiger partial charge is 0.262 e. The topological polar surface area (TPSA) is 143 Å². The second-order valence-electron chi connectivity index (χ2n) is 5.95. The maximum Gasteiger partial charge on any atom is 0.262 e. The van der Waals surface area contributed by atoms with E-state index >= 15 is 0 Å². The number of benzene rings is 2. The highest BCUT2D eigenvalue weighted by molar-refractivity contribution is 5.97. The lowest BCUT2D eigenvalue weighted by Crippen LogP contribution is -2.23. The Bertz CT molecular complexity index is 980. The molecule has 2 aromatic carbocycles. The van der Waals surface area contributed by atoms with Crippen molar-refractivity contribution in [3.8, 4) is 29.1 Å². The number of nitrogens with zero attached hydrogens (tertiary/aromatic N) is 1. The van der Waals surface area contributed by atoms with Crippen LogP contribution in [0.15, 0.2) is 48.1 Å². The molecule has 0 unspecified atom stereocenters. The first kappa shape index (κ1) is 21.3. The van der Waals surface area contributed by atoms with Gasteiger partial charge in [0.2, 0.25) is 0 Å². The lowest BCUT2D eigenvalue weighted by molar-refractivity contribution is -0.117. The molecule has 0 fully saturated rings. The number of methoxy groups -OCH3 is 1. The molecule has 150 valence electrons. The van der Waals surface area contributed by atoms with Crippen LogP contribution in [0.4, 0.5) is 0 Å². The van der Waals surface area contributed by atoms with E-state index in [2.05, 4.69) is 5.32 Å². The van der Waals surface area contributed by atoms with Gasteiger partial charge in [0.1, 0.15) is 11.6 Å². The molecule has 0 spiro atoms. The Morgan fingerprint density at radius 1 is 1.21 bits per heavy atom. The molecule has 0 bridgehead atoms. The molecule has 0 aromatic heterocycles. The maximum atomic E-state index is 12.2. The fraction of sp³-hybridized carbons (Fsp3) is 0.143. The van der Waals surface area contributed by atoms with Crippen molar-refractivity contribution < 1.29 is 30.0 Å². The average molecular weight is 396 g/mol. The highest BCUT2D eigenvalue weighted by Crippen LogP contribution is 2.32. The summed E-state index contributed by atoms with van der Waals surface area (Å²) < 4.78 is 5.04. The third-order valence-electron chi connectivity index (χ3n) is 3.98. The molecule has 1 amide bonds. The third kappa shape index (κ3) is 5.51. The quantitative estimate of drug-likeness (QED) is 0.209. The number of aliphatic hydroxyl groups excluding tert-OH is 1. The van der Waals surface area contributed by atoms with E-state index < -0.39 is 5.91 Å². The van der Waals surface area contributed by atoms with Crippen LogP contribution in [-0.4, -0.2) is 33.4 Å². The predicted molar refractivity (Wildman–Crippen MR) is 105 cm³/mol. The Labute approximate surface area is 167 Å². The van der Waals surface area contributed by atoms with Crippen LogP contribution in [0.1, 0.15) is 16.7 Å². The fourth-order valence-electron chi connectivity index (χ4n) is 2.44. The van der Waals surface area contributed by atoms with Gasteiger partial charge in [-0.2, -0.15) is 5.26 Å². The van der Waals surface area contributed by atoms with Crippen LogP contribution in [0.2, 0.25) is 0 Å². The minimum absolute atomic E-state index is 0.0599. The number of aliphatic hydroxyl groups is 1. The zero-order valence-electron chi connectivity index (χ0n) is 15.6. The maximum absolute atomic E-state index is 12.2. The number of nitriles is 1. The molecule has 0 aliphatic rings. The van der Waals surface area contributed by atoms with Crippen molar-refractivity contribution in [1.82, 2.24) is 5.32 Å². The van der Waals surface area contributed by atoms with E-state index in [0.717, 1.165) is 0 Å². The van der Waals surface area contributed by atoms with Crippen LogP contribution >= 0.6 is 0 Å². The molecule has 0 aliphatic heterocycles. The van der Waals surface area contributed by atoms with E-state index in [0.29, 0.717) is 11.1 Å². The number of amides is 1. The van der Waals surface area contributed by atoms with E-state index in [1.165, 1.54) is 37.5 Å². The zero-order chi connectivity index (χ0) is 21.4. The Morgan fingerprint density at radius 2 is 1.97 bits per heavy atom. The summed E-state index contributed by atoms with van der Waals surface area (Å²) in [6.45, 7) is -0.317. The number of aromatic hydroxyl groups is 3. The summed E-state index contributed by atoms with van der Waals surface area (Å²) in [5, 5.41) is 49.7. The summed E-state index contributed by atoms with van der Waals surface area (Å²) >= 11 is 0. The number of carbonyl (C=O) groups is 1. The molecule has 29 heavy (non-hydrogen) atoms. The number of hydrogen-bond donors (Lipinski definition) is 5. The van der Waals surface area contributed by atoms with E-state index in [9.17, 15) is 30.5 Å². The second-order valence-corrected chi connectivity index (χ2v) is 5.95. The molecule has 2 rings (SSSR count). The summed E-state index contributed by atoms with van der Waals surface area (Å²) in [7, 11) is 1.38. The van der Waals surface area contributed by atoms with Gasteiger partial charge >= 0.3 is 0 Å². The molecule has 0 heterocycles. The van der Waals surface area contributed by atoms with Crippen molar-refractivity contribution in [1.29, 1.82) is 5.26 Å². The van der Waals surface area contributed by atoms with Gasteiger partial charge in [-0.05, 0) is 41.5 Å². The van der Waals surface area contributed by atoms with E-state index in [1.54, 1.807) is 24.3 Å². The summed E-state index contributed by atoms with van der Waals surface area (Å²) in [6, 6.07) is 9.03.